The maximum atomic E-state index is 13.3. The van der Waals surface area contributed by atoms with Gasteiger partial charge in [-0.05, 0) is 43.2 Å². The van der Waals surface area contributed by atoms with Gasteiger partial charge in [-0.25, -0.2) is 8.78 Å². The Balaban J connectivity index is 2.34. The van der Waals surface area contributed by atoms with E-state index in [9.17, 15) is 8.78 Å². The number of benzene rings is 2. The molecule has 2 aromatic carbocycles. The van der Waals surface area contributed by atoms with E-state index in [4.69, 9.17) is 17.3 Å². The van der Waals surface area contributed by atoms with Crippen LogP contribution in [0.3, 0.4) is 0 Å². The summed E-state index contributed by atoms with van der Waals surface area (Å²) in [7, 11) is 0. The van der Waals surface area contributed by atoms with Crippen molar-refractivity contribution in [1.82, 2.24) is 0 Å². The molecule has 0 aliphatic heterocycles. The van der Waals surface area contributed by atoms with Gasteiger partial charge in [0, 0.05) is 15.8 Å². The lowest BCUT2D eigenvalue weighted by atomic mass is 10.1. The van der Waals surface area contributed by atoms with Gasteiger partial charge in [0.05, 0.1) is 5.02 Å². The molecule has 0 fully saturated rings. The molecule has 5 heteroatoms. The third-order valence-electron chi connectivity index (χ3n) is 2.70. The Morgan fingerprint density at radius 2 is 1.95 bits per heavy atom. The first-order valence-electron chi connectivity index (χ1n) is 6.13. The highest BCUT2D eigenvalue weighted by Gasteiger charge is 2.12. The number of hydrogen-bond donors (Lipinski definition) is 1. The molecule has 2 N–H and O–H groups in total. The molecule has 0 spiro atoms. The van der Waals surface area contributed by atoms with E-state index in [2.05, 4.69) is 0 Å². The third-order valence-corrected chi connectivity index (χ3v) is 4.30. The summed E-state index contributed by atoms with van der Waals surface area (Å²) >= 11 is 7.52. The molecule has 0 aliphatic rings. The first-order chi connectivity index (χ1) is 9.47. The minimum Gasteiger partial charge on any atom is -0.328 e. The van der Waals surface area contributed by atoms with Crippen molar-refractivity contribution < 1.29 is 8.78 Å². The number of hydrogen-bond acceptors (Lipinski definition) is 2. The normalized spacial score (nSPS) is 12.4. The molecule has 0 saturated heterocycles. The van der Waals surface area contributed by atoms with Crippen LogP contribution in [0.4, 0.5) is 8.78 Å². The lowest BCUT2D eigenvalue weighted by Gasteiger charge is -2.13. The van der Waals surface area contributed by atoms with Crippen LogP contribution < -0.4 is 5.73 Å². The van der Waals surface area contributed by atoms with Crippen LogP contribution in [0.15, 0.2) is 46.2 Å². The van der Waals surface area contributed by atoms with Crippen molar-refractivity contribution in [2.45, 2.75) is 29.2 Å². The molecule has 0 aliphatic carbocycles. The minimum atomic E-state index is -0.865. The zero-order valence-corrected chi connectivity index (χ0v) is 12.4. The van der Waals surface area contributed by atoms with Gasteiger partial charge >= 0.3 is 0 Å². The molecule has 0 bridgehead atoms. The van der Waals surface area contributed by atoms with Crippen LogP contribution in [0.2, 0.25) is 5.02 Å². The molecule has 0 aromatic heterocycles. The maximum absolute atomic E-state index is 13.3. The molecule has 106 valence electrons. The largest absolute Gasteiger partial charge is 0.328 e. The molecular formula is C15H14ClF2NS. The highest BCUT2D eigenvalue weighted by molar-refractivity contribution is 7.99. The quantitative estimate of drug-likeness (QED) is 0.888. The highest BCUT2D eigenvalue weighted by atomic mass is 35.5. The van der Waals surface area contributed by atoms with Crippen molar-refractivity contribution in [3.63, 3.8) is 0 Å². The topological polar surface area (TPSA) is 26.0 Å². The number of nitrogens with two attached hydrogens (primary N) is 1. The van der Waals surface area contributed by atoms with E-state index < -0.39 is 11.6 Å². The smallest absolute Gasteiger partial charge is 0.159 e. The zero-order chi connectivity index (χ0) is 14.7. The summed E-state index contributed by atoms with van der Waals surface area (Å²) in [5.41, 5.74) is 6.82. The molecule has 0 saturated carbocycles. The summed E-state index contributed by atoms with van der Waals surface area (Å²) in [6.07, 6.45) is 0.673. The Bertz CT molecular complexity index is 617. The first-order valence-corrected chi connectivity index (χ1v) is 7.32. The Labute approximate surface area is 126 Å². The Morgan fingerprint density at radius 3 is 2.60 bits per heavy atom. The van der Waals surface area contributed by atoms with Gasteiger partial charge in [0.1, 0.15) is 0 Å². The molecule has 1 atom stereocenters. The van der Waals surface area contributed by atoms with Crippen molar-refractivity contribution in [2.75, 3.05) is 0 Å². The molecule has 1 unspecified atom stereocenters. The monoisotopic (exact) mass is 313 g/mol. The van der Waals surface area contributed by atoms with Crippen LogP contribution in [-0.4, -0.2) is 6.04 Å². The second kappa shape index (κ2) is 6.57. The van der Waals surface area contributed by atoms with Gasteiger partial charge in [0.25, 0.3) is 0 Å². The molecule has 0 heterocycles. The minimum absolute atomic E-state index is 0.00206. The number of halogens is 3. The fourth-order valence-corrected chi connectivity index (χ4v) is 3.13. The van der Waals surface area contributed by atoms with E-state index in [1.807, 2.05) is 19.1 Å². The molecule has 2 aromatic rings. The fourth-order valence-electron chi connectivity index (χ4n) is 1.83. The van der Waals surface area contributed by atoms with Crippen molar-refractivity contribution >= 4 is 23.4 Å². The zero-order valence-electron chi connectivity index (χ0n) is 10.9. The third kappa shape index (κ3) is 3.72. The average molecular weight is 314 g/mol. The van der Waals surface area contributed by atoms with Crippen LogP contribution in [-0.2, 0) is 6.42 Å². The van der Waals surface area contributed by atoms with Crippen molar-refractivity contribution in [3.8, 4) is 0 Å². The van der Waals surface area contributed by atoms with Crippen molar-refractivity contribution in [1.29, 1.82) is 0 Å². The van der Waals surface area contributed by atoms with E-state index in [0.717, 1.165) is 16.5 Å². The summed E-state index contributed by atoms with van der Waals surface area (Å²) in [5.74, 6) is -1.72. The molecule has 0 radical (unpaired) electrons. The van der Waals surface area contributed by atoms with E-state index >= 15 is 0 Å². The van der Waals surface area contributed by atoms with E-state index in [0.29, 0.717) is 16.3 Å². The SMILES string of the molecule is CC(N)Cc1cccc(Cl)c1Sc1ccc(F)c(F)c1. The summed E-state index contributed by atoms with van der Waals surface area (Å²) < 4.78 is 26.2. The van der Waals surface area contributed by atoms with Gasteiger partial charge in [-0.2, -0.15) is 0 Å². The van der Waals surface area contributed by atoms with E-state index in [1.54, 1.807) is 6.07 Å². The fraction of sp³-hybridized carbons (Fsp3) is 0.200. The lowest BCUT2D eigenvalue weighted by molar-refractivity contribution is 0.506. The average Bonchev–Trinajstić information content (AvgIpc) is 2.37. The maximum Gasteiger partial charge on any atom is 0.159 e. The van der Waals surface area contributed by atoms with Crippen LogP contribution >= 0.6 is 23.4 Å². The second-order valence-corrected chi connectivity index (χ2v) is 6.08. The van der Waals surface area contributed by atoms with Gasteiger partial charge in [-0.15, -0.1) is 0 Å². The molecule has 1 nitrogen and oxygen atoms in total. The molecule has 0 amide bonds. The van der Waals surface area contributed by atoms with Crippen molar-refractivity contribution in [3.05, 3.63) is 58.6 Å². The standard InChI is InChI=1S/C15H14ClF2NS/c1-9(19)7-10-3-2-4-12(16)15(10)20-11-5-6-13(17)14(18)8-11/h2-6,8-9H,7,19H2,1H3. The van der Waals surface area contributed by atoms with Crippen LogP contribution in [0, 0.1) is 11.6 Å². The van der Waals surface area contributed by atoms with Crippen LogP contribution in [0.1, 0.15) is 12.5 Å². The van der Waals surface area contributed by atoms with Gasteiger partial charge in [-0.3, -0.25) is 0 Å². The summed E-state index contributed by atoms with van der Waals surface area (Å²) in [4.78, 5) is 1.43. The Morgan fingerprint density at radius 1 is 1.20 bits per heavy atom. The van der Waals surface area contributed by atoms with Gasteiger partial charge < -0.3 is 5.73 Å². The molecule has 20 heavy (non-hydrogen) atoms. The lowest BCUT2D eigenvalue weighted by Crippen LogP contribution is -2.18. The number of rotatable bonds is 4. The van der Waals surface area contributed by atoms with Crippen LogP contribution in [0.5, 0.6) is 0 Å². The predicted octanol–water partition coefficient (Wildman–Crippen LogP) is 4.66. The predicted molar refractivity (Wildman–Crippen MR) is 79.3 cm³/mol. The Hall–Kier alpha value is -1.10. The van der Waals surface area contributed by atoms with Crippen molar-refractivity contribution in [2.24, 2.45) is 5.73 Å². The van der Waals surface area contributed by atoms with E-state index in [1.165, 1.54) is 23.9 Å². The second-order valence-electron chi connectivity index (χ2n) is 4.59. The molecule has 2 rings (SSSR count). The van der Waals surface area contributed by atoms with Gasteiger partial charge in [-0.1, -0.05) is 35.5 Å². The van der Waals surface area contributed by atoms with E-state index in [-0.39, 0.29) is 6.04 Å². The summed E-state index contributed by atoms with van der Waals surface area (Å²) in [5, 5.41) is 0.581. The van der Waals surface area contributed by atoms with Gasteiger partial charge in [0.15, 0.2) is 11.6 Å². The van der Waals surface area contributed by atoms with Gasteiger partial charge in [0.2, 0.25) is 0 Å². The first kappa shape index (κ1) is 15.3. The summed E-state index contributed by atoms with van der Waals surface area (Å²) in [6, 6.07) is 9.37. The molecular weight excluding hydrogens is 300 g/mol. The highest BCUT2D eigenvalue weighted by Crippen LogP contribution is 2.36. The Kier molecular flexibility index (Phi) is 5.02. The van der Waals surface area contributed by atoms with Crippen LogP contribution in [0.25, 0.3) is 0 Å². The summed E-state index contributed by atoms with van der Waals surface area (Å²) in [6.45, 7) is 1.91.